The molecule has 8 nitrogen and oxygen atoms in total. The molecule has 3 aromatic rings. The number of esters is 1. The van der Waals surface area contributed by atoms with Gasteiger partial charge in [0, 0.05) is 12.6 Å². The quantitative estimate of drug-likeness (QED) is 0.291. The van der Waals surface area contributed by atoms with Crippen molar-refractivity contribution in [2.45, 2.75) is 26.2 Å². The highest BCUT2D eigenvalue weighted by molar-refractivity contribution is 6.39. The number of anilines is 2. The number of imidazole rings is 1. The molecule has 0 saturated carbocycles. The van der Waals surface area contributed by atoms with Crippen LogP contribution in [0.25, 0.3) is 11.0 Å². The van der Waals surface area contributed by atoms with Gasteiger partial charge < -0.3 is 14.6 Å². The van der Waals surface area contributed by atoms with Crippen LogP contribution in [0.3, 0.4) is 0 Å². The van der Waals surface area contributed by atoms with E-state index in [0.717, 1.165) is 0 Å². The predicted octanol–water partition coefficient (Wildman–Crippen LogP) is 4.72. The Morgan fingerprint density at radius 1 is 1.30 bits per heavy atom. The van der Waals surface area contributed by atoms with Gasteiger partial charge in [0.2, 0.25) is 0 Å². The first kappa shape index (κ1) is 24.2. The summed E-state index contributed by atoms with van der Waals surface area (Å²) in [5.41, 5.74) is -0.611. The molecule has 1 N–H and O–H groups in total. The number of aromatic nitrogens is 2. The Balaban J connectivity index is 2.53. The fourth-order valence-electron chi connectivity index (χ4n) is 3.67. The molecule has 1 atom stereocenters. The molecule has 33 heavy (non-hydrogen) atoms. The molecule has 0 aliphatic carbocycles. The number of Topliss-reactive ketones (excluding diaryl/α,β-unsaturated/α-hetero) is 1. The van der Waals surface area contributed by atoms with Gasteiger partial charge >= 0.3 is 5.97 Å². The number of hydrogen-bond acceptors (Lipinski definition) is 7. The summed E-state index contributed by atoms with van der Waals surface area (Å²) in [4.78, 5) is 41.8. The zero-order chi connectivity index (χ0) is 24.5. The summed E-state index contributed by atoms with van der Waals surface area (Å²) < 4.78 is 6.71. The summed E-state index contributed by atoms with van der Waals surface area (Å²) in [6.07, 6.45) is 0.563. The van der Waals surface area contributed by atoms with E-state index < -0.39 is 17.2 Å². The number of ether oxygens (including phenoxy) is 1. The molecule has 0 fully saturated rings. The normalized spacial score (nSPS) is 12.6. The van der Waals surface area contributed by atoms with Gasteiger partial charge in [0.25, 0.3) is 0 Å². The molecule has 0 amide bonds. The van der Waals surface area contributed by atoms with Crippen LogP contribution in [-0.4, -0.2) is 34.2 Å². The molecule has 1 aromatic heterocycles. The second kappa shape index (κ2) is 9.22. The van der Waals surface area contributed by atoms with E-state index in [1.165, 1.54) is 24.5 Å². The molecule has 0 bridgehead atoms. The predicted molar refractivity (Wildman–Crippen MR) is 125 cm³/mol. The first-order chi connectivity index (χ1) is 15.6. The summed E-state index contributed by atoms with van der Waals surface area (Å²) in [5.74, 6) is -1.28. The monoisotopic (exact) mass is 486 g/mol. The molecule has 1 unspecified atom stereocenters. The van der Waals surface area contributed by atoms with E-state index in [9.17, 15) is 19.6 Å². The van der Waals surface area contributed by atoms with Gasteiger partial charge in [0.1, 0.15) is 0 Å². The third-order valence-corrected chi connectivity index (χ3v) is 6.15. The van der Waals surface area contributed by atoms with E-state index >= 15 is 0 Å². The molecule has 1 heterocycles. The Bertz CT molecular complexity index is 1320. The van der Waals surface area contributed by atoms with Gasteiger partial charge in [-0.3, -0.25) is 14.4 Å². The smallest absolute Gasteiger partial charge is 0.323 e. The Kier molecular flexibility index (Phi) is 6.77. The van der Waals surface area contributed by atoms with Crippen LogP contribution >= 0.6 is 23.2 Å². The Hall–Kier alpha value is -3.41. The lowest BCUT2D eigenvalue weighted by atomic mass is 9.75. The summed E-state index contributed by atoms with van der Waals surface area (Å²) in [7, 11) is 1.60. The SMILES string of the molecule is CCOC(=O)C(C)(C(C)=O)c1c(C#N)cc2nc(C=O)n(C)c2c1Nc1c(Cl)cccc1Cl. The van der Waals surface area contributed by atoms with Crippen LogP contribution in [0.4, 0.5) is 11.4 Å². The van der Waals surface area contributed by atoms with Gasteiger partial charge in [0.05, 0.1) is 50.7 Å². The van der Waals surface area contributed by atoms with Crippen molar-refractivity contribution in [2.24, 2.45) is 7.05 Å². The summed E-state index contributed by atoms with van der Waals surface area (Å²) in [5, 5.41) is 13.6. The molecular formula is C23H20Cl2N4O4. The number of carbonyl (C=O) groups excluding carboxylic acids is 3. The molecule has 0 spiro atoms. The second-order valence-electron chi connectivity index (χ2n) is 7.42. The van der Waals surface area contributed by atoms with Crippen LogP contribution < -0.4 is 5.32 Å². The molecular weight excluding hydrogens is 467 g/mol. The van der Waals surface area contributed by atoms with E-state index in [1.807, 2.05) is 6.07 Å². The minimum Gasteiger partial charge on any atom is -0.465 e. The second-order valence-corrected chi connectivity index (χ2v) is 8.24. The third-order valence-electron chi connectivity index (χ3n) is 5.52. The van der Waals surface area contributed by atoms with Crippen molar-refractivity contribution in [1.82, 2.24) is 9.55 Å². The first-order valence-electron chi connectivity index (χ1n) is 9.90. The molecule has 0 saturated heterocycles. The summed E-state index contributed by atoms with van der Waals surface area (Å²) in [6.45, 7) is 4.29. The topological polar surface area (TPSA) is 114 Å². The van der Waals surface area contributed by atoms with Crippen molar-refractivity contribution in [3.8, 4) is 6.07 Å². The maximum atomic E-state index is 13.1. The van der Waals surface area contributed by atoms with E-state index in [1.54, 1.807) is 32.2 Å². The minimum absolute atomic E-state index is 0.00878. The number of nitriles is 1. The van der Waals surface area contributed by atoms with E-state index in [4.69, 9.17) is 27.9 Å². The van der Waals surface area contributed by atoms with Gasteiger partial charge in [0.15, 0.2) is 23.3 Å². The maximum absolute atomic E-state index is 13.1. The fraction of sp³-hybridized carbons (Fsp3) is 0.261. The van der Waals surface area contributed by atoms with E-state index in [2.05, 4.69) is 10.3 Å². The van der Waals surface area contributed by atoms with Gasteiger partial charge in [-0.25, -0.2) is 4.98 Å². The number of aryl methyl sites for hydroxylation is 1. The first-order valence-corrected chi connectivity index (χ1v) is 10.7. The van der Waals surface area contributed by atoms with Crippen LogP contribution in [0.5, 0.6) is 0 Å². The van der Waals surface area contributed by atoms with Crippen molar-refractivity contribution in [3.63, 3.8) is 0 Å². The number of aldehydes is 1. The Morgan fingerprint density at radius 2 is 1.94 bits per heavy atom. The number of benzene rings is 2. The van der Waals surface area contributed by atoms with E-state index in [0.29, 0.717) is 23.0 Å². The average Bonchev–Trinajstić information content (AvgIpc) is 3.10. The standard InChI is InChI=1S/C23H20Cl2N4O4/c1-5-33-22(32)23(3,12(2)31)18-13(10-26)9-16-21(29(4)17(11-30)27-16)20(18)28-19-14(24)7-6-8-15(19)25/h6-9,11,28H,5H2,1-4H3. The number of hydrogen-bond donors (Lipinski definition) is 1. The summed E-state index contributed by atoms with van der Waals surface area (Å²) >= 11 is 12.7. The molecule has 2 aromatic carbocycles. The molecule has 170 valence electrons. The van der Waals surface area contributed by atoms with Crippen LogP contribution in [0.1, 0.15) is 42.5 Å². The highest BCUT2D eigenvalue weighted by Crippen LogP contribution is 2.43. The van der Waals surface area contributed by atoms with Crippen molar-refractivity contribution in [1.29, 1.82) is 5.26 Å². The lowest BCUT2D eigenvalue weighted by Crippen LogP contribution is -2.42. The molecule has 10 heteroatoms. The largest absolute Gasteiger partial charge is 0.465 e. The number of nitrogens with zero attached hydrogens (tertiary/aromatic N) is 3. The van der Waals surface area contributed by atoms with Crippen LogP contribution in [0.15, 0.2) is 24.3 Å². The van der Waals surface area contributed by atoms with Gasteiger partial charge in [-0.15, -0.1) is 0 Å². The fourth-order valence-corrected chi connectivity index (χ4v) is 4.16. The van der Waals surface area contributed by atoms with Crippen molar-refractivity contribution < 1.29 is 19.1 Å². The highest BCUT2D eigenvalue weighted by Gasteiger charge is 2.46. The zero-order valence-electron chi connectivity index (χ0n) is 18.3. The van der Waals surface area contributed by atoms with Crippen LogP contribution in [0, 0.1) is 11.3 Å². The lowest BCUT2D eigenvalue weighted by molar-refractivity contribution is -0.152. The number of halogens is 2. The van der Waals surface area contributed by atoms with Crippen molar-refractivity contribution >= 4 is 63.6 Å². The van der Waals surface area contributed by atoms with Gasteiger partial charge in [-0.05, 0) is 39.0 Å². The minimum atomic E-state index is -1.85. The summed E-state index contributed by atoms with van der Waals surface area (Å²) in [6, 6.07) is 8.34. The van der Waals surface area contributed by atoms with Crippen molar-refractivity contribution in [2.75, 3.05) is 11.9 Å². The van der Waals surface area contributed by atoms with Crippen molar-refractivity contribution in [3.05, 3.63) is 51.3 Å². The number of rotatable bonds is 7. The molecule has 0 radical (unpaired) electrons. The van der Waals surface area contributed by atoms with Crippen LogP contribution in [0.2, 0.25) is 10.0 Å². The molecule has 0 aliphatic rings. The average molecular weight is 487 g/mol. The lowest BCUT2D eigenvalue weighted by Gasteiger charge is -2.29. The highest BCUT2D eigenvalue weighted by atomic mass is 35.5. The van der Waals surface area contributed by atoms with E-state index in [-0.39, 0.29) is 39.3 Å². The third kappa shape index (κ3) is 3.94. The number of fused-ring (bicyclic) bond motifs is 1. The van der Waals surface area contributed by atoms with Gasteiger partial charge in [-0.1, -0.05) is 29.3 Å². The van der Waals surface area contributed by atoms with Gasteiger partial charge in [-0.2, -0.15) is 5.26 Å². The number of para-hydroxylation sites is 1. The molecule has 3 rings (SSSR count). The molecule has 0 aliphatic heterocycles. The Morgan fingerprint density at radius 3 is 2.45 bits per heavy atom. The Labute approximate surface area is 200 Å². The number of nitrogens with one attached hydrogen (secondary N) is 1. The zero-order valence-corrected chi connectivity index (χ0v) is 19.8. The maximum Gasteiger partial charge on any atom is 0.323 e. The van der Waals surface area contributed by atoms with Crippen LogP contribution in [-0.2, 0) is 26.8 Å². The number of ketones is 1. The number of carbonyl (C=O) groups is 3.